The molecule has 0 atom stereocenters. The number of halogens is 1. The van der Waals surface area contributed by atoms with Crippen LogP contribution in [0.2, 0.25) is 5.02 Å². The number of carbonyl (C=O) groups excluding carboxylic acids is 2. The minimum Gasteiger partial charge on any atom is -0.482 e. The smallest absolute Gasteiger partial charge is 0.276 e. The van der Waals surface area contributed by atoms with Gasteiger partial charge in [0.25, 0.3) is 11.8 Å². The highest BCUT2D eigenvalue weighted by Crippen LogP contribution is 2.22. The summed E-state index contributed by atoms with van der Waals surface area (Å²) >= 11 is 5.88. The van der Waals surface area contributed by atoms with Crippen molar-refractivity contribution in [2.75, 3.05) is 6.61 Å². The van der Waals surface area contributed by atoms with Gasteiger partial charge >= 0.3 is 0 Å². The van der Waals surface area contributed by atoms with Gasteiger partial charge in [-0.3, -0.25) is 25.4 Å². The Morgan fingerprint density at radius 1 is 1.10 bits per heavy atom. The lowest BCUT2D eigenvalue weighted by Gasteiger charge is -2.09. The van der Waals surface area contributed by atoms with E-state index in [1.807, 2.05) is 0 Å². The lowest BCUT2D eigenvalue weighted by atomic mass is 10.3. The topological polar surface area (TPSA) is 80.3 Å². The molecule has 2 amide bonds. The maximum atomic E-state index is 11.7. The Kier molecular flexibility index (Phi) is 5.11. The van der Waals surface area contributed by atoms with Crippen LogP contribution in [-0.4, -0.2) is 23.4 Å². The van der Waals surface area contributed by atoms with E-state index in [4.69, 9.17) is 16.3 Å². The molecule has 108 valence electrons. The van der Waals surface area contributed by atoms with Crippen LogP contribution in [0.25, 0.3) is 0 Å². The highest BCUT2D eigenvalue weighted by atomic mass is 35.5. The second kappa shape index (κ2) is 7.25. The number of para-hydroxylation sites is 1. The van der Waals surface area contributed by atoms with Crippen LogP contribution in [0.15, 0.2) is 48.8 Å². The number of hydrogen-bond donors (Lipinski definition) is 2. The minimum atomic E-state index is -0.502. The van der Waals surface area contributed by atoms with Crippen LogP contribution in [0.5, 0.6) is 5.75 Å². The fourth-order valence-corrected chi connectivity index (χ4v) is 1.63. The summed E-state index contributed by atoms with van der Waals surface area (Å²) < 4.78 is 5.23. The molecule has 0 saturated heterocycles. The van der Waals surface area contributed by atoms with Crippen molar-refractivity contribution < 1.29 is 14.3 Å². The monoisotopic (exact) mass is 305 g/mol. The molecule has 1 aromatic carbocycles. The maximum absolute atomic E-state index is 11.7. The Labute approximate surface area is 126 Å². The fourth-order valence-electron chi connectivity index (χ4n) is 1.44. The van der Waals surface area contributed by atoms with Crippen molar-refractivity contribution in [3.63, 3.8) is 0 Å². The van der Waals surface area contributed by atoms with Gasteiger partial charge in [0.2, 0.25) is 0 Å². The molecule has 21 heavy (non-hydrogen) atoms. The summed E-state index contributed by atoms with van der Waals surface area (Å²) in [6.45, 7) is -0.264. The molecular weight excluding hydrogens is 294 g/mol. The van der Waals surface area contributed by atoms with Crippen LogP contribution in [0, 0.1) is 0 Å². The zero-order valence-corrected chi connectivity index (χ0v) is 11.6. The van der Waals surface area contributed by atoms with E-state index >= 15 is 0 Å². The number of pyridine rings is 1. The number of amides is 2. The number of hydrazine groups is 1. The fraction of sp³-hybridized carbons (Fsp3) is 0.0714. The summed E-state index contributed by atoms with van der Waals surface area (Å²) in [6.07, 6.45) is 2.97. The first-order chi connectivity index (χ1) is 10.2. The molecule has 1 aromatic heterocycles. The zero-order valence-electron chi connectivity index (χ0n) is 10.9. The Morgan fingerprint density at radius 3 is 2.52 bits per heavy atom. The number of ether oxygens (including phenoxy) is 1. The van der Waals surface area contributed by atoms with E-state index < -0.39 is 11.8 Å². The quantitative estimate of drug-likeness (QED) is 0.840. The Bertz CT molecular complexity index is 634. The maximum Gasteiger partial charge on any atom is 0.276 e. The summed E-state index contributed by atoms with van der Waals surface area (Å²) in [5.41, 5.74) is 4.90. The molecule has 0 spiro atoms. The molecule has 6 nitrogen and oxygen atoms in total. The SMILES string of the molecule is O=C(COc1ccccc1Cl)NNC(=O)c1ccncc1. The molecule has 0 radical (unpaired) electrons. The van der Waals surface area contributed by atoms with Gasteiger partial charge in [-0.05, 0) is 24.3 Å². The molecule has 0 aliphatic rings. The first-order valence-electron chi connectivity index (χ1n) is 6.03. The summed E-state index contributed by atoms with van der Waals surface area (Å²) in [5.74, 6) is -0.546. The molecule has 0 unspecified atom stereocenters. The highest BCUT2D eigenvalue weighted by Gasteiger charge is 2.08. The van der Waals surface area contributed by atoms with E-state index in [-0.39, 0.29) is 6.61 Å². The molecule has 0 aliphatic heterocycles. The average Bonchev–Trinajstić information content (AvgIpc) is 2.52. The molecule has 0 fully saturated rings. The summed E-state index contributed by atoms with van der Waals surface area (Å²) in [4.78, 5) is 27.0. The van der Waals surface area contributed by atoms with Crippen LogP contribution in [0.1, 0.15) is 10.4 Å². The van der Waals surface area contributed by atoms with Crippen molar-refractivity contribution in [3.05, 3.63) is 59.4 Å². The third-order valence-electron chi connectivity index (χ3n) is 2.45. The first kappa shape index (κ1) is 14.8. The summed E-state index contributed by atoms with van der Waals surface area (Å²) in [6, 6.07) is 9.85. The van der Waals surface area contributed by atoms with E-state index in [2.05, 4.69) is 15.8 Å². The van der Waals surface area contributed by atoms with Crippen molar-refractivity contribution in [2.24, 2.45) is 0 Å². The third-order valence-corrected chi connectivity index (χ3v) is 2.77. The molecule has 2 aromatic rings. The number of nitrogens with one attached hydrogen (secondary N) is 2. The van der Waals surface area contributed by atoms with Gasteiger partial charge in [0.1, 0.15) is 5.75 Å². The van der Waals surface area contributed by atoms with Crippen LogP contribution in [0.4, 0.5) is 0 Å². The Hall–Kier alpha value is -2.60. The Morgan fingerprint density at radius 2 is 1.81 bits per heavy atom. The van der Waals surface area contributed by atoms with Crippen molar-refractivity contribution in [1.29, 1.82) is 0 Å². The molecule has 0 aliphatic carbocycles. The normalized spacial score (nSPS) is 9.76. The van der Waals surface area contributed by atoms with E-state index in [1.165, 1.54) is 24.5 Å². The predicted octanol–water partition coefficient (Wildman–Crippen LogP) is 1.57. The molecule has 0 saturated carbocycles. The van der Waals surface area contributed by atoms with Gasteiger partial charge in [0, 0.05) is 18.0 Å². The van der Waals surface area contributed by atoms with Crippen LogP contribution in [0.3, 0.4) is 0 Å². The number of aromatic nitrogens is 1. The van der Waals surface area contributed by atoms with Gasteiger partial charge < -0.3 is 4.74 Å². The number of carbonyl (C=O) groups is 2. The van der Waals surface area contributed by atoms with Crippen LogP contribution >= 0.6 is 11.6 Å². The van der Waals surface area contributed by atoms with Gasteiger partial charge in [-0.25, -0.2) is 0 Å². The molecule has 2 N–H and O–H groups in total. The number of benzene rings is 1. The van der Waals surface area contributed by atoms with Crippen LogP contribution < -0.4 is 15.6 Å². The van der Waals surface area contributed by atoms with Gasteiger partial charge in [0.15, 0.2) is 6.61 Å². The molecule has 1 heterocycles. The summed E-state index contributed by atoms with van der Waals surface area (Å²) in [5, 5.41) is 0.408. The molecular formula is C14H12ClN3O3. The van der Waals surface area contributed by atoms with Gasteiger partial charge in [-0.2, -0.15) is 0 Å². The van der Waals surface area contributed by atoms with Crippen LogP contribution in [-0.2, 0) is 4.79 Å². The average molecular weight is 306 g/mol. The second-order valence-corrected chi connectivity index (χ2v) is 4.36. The van der Waals surface area contributed by atoms with Gasteiger partial charge in [0.05, 0.1) is 5.02 Å². The number of hydrogen-bond acceptors (Lipinski definition) is 4. The Balaban J connectivity index is 1.78. The predicted molar refractivity (Wildman–Crippen MR) is 76.8 cm³/mol. The number of nitrogens with zero attached hydrogens (tertiary/aromatic N) is 1. The molecule has 0 bridgehead atoms. The zero-order chi connectivity index (χ0) is 15.1. The number of rotatable bonds is 4. The van der Waals surface area contributed by atoms with E-state index in [0.717, 1.165) is 0 Å². The lowest BCUT2D eigenvalue weighted by molar-refractivity contribution is -0.123. The van der Waals surface area contributed by atoms with Crippen molar-refractivity contribution in [2.45, 2.75) is 0 Å². The van der Waals surface area contributed by atoms with Crippen molar-refractivity contribution in [3.8, 4) is 5.75 Å². The minimum absolute atomic E-state index is 0.264. The highest BCUT2D eigenvalue weighted by molar-refractivity contribution is 6.32. The van der Waals surface area contributed by atoms with Gasteiger partial charge in [-0.15, -0.1) is 0 Å². The van der Waals surface area contributed by atoms with E-state index in [9.17, 15) is 9.59 Å². The van der Waals surface area contributed by atoms with Gasteiger partial charge in [-0.1, -0.05) is 23.7 Å². The second-order valence-electron chi connectivity index (χ2n) is 3.96. The van der Waals surface area contributed by atoms with Crippen molar-refractivity contribution >= 4 is 23.4 Å². The lowest BCUT2D eigenvalue weighted by Crippen LogP contribution is -2.43. The molecule has 7 heteroatoms. The summed E-state index contributed by atoms with van der Waals surface area (Å²) in [7, 11) is 0. The largest absolute Gasteiger partial charge is 0.482 e. The van der Waals surface area contributed by atoms with E-state index in [0.29, 0.717) is 16.3 Å². The third kappa shape index (κ3) is 4.47. The van der Waals surface area contributed by atoms with Crippen molar-refractivity contribution in [1.82, 2.24) is 15.8 Å². The molecule has 2 rings (SSSR count). The standard InChI is InChI=1S/C14H12ClN3O3/c15-11-3-1-2-4-12(11)21-9-13(19)17-18-14(20)10-5-7-16-8-6-10/h1-8H,9H2,(H,17,19)(H,18,20). The first-order valence-corrected chi connectivity index (χ1v) is 6.41. The van der Waals surface area contributed by atoms with E-state index in [1.54, 1.807) is 24.3 Å².